The maximum Gasteiger partial charge on any atom is 0.326 e. The largest absolute Gasteiger partial charge is 0.480 e. The lowest BCUT2D eigenvalue weighted by Gasteiger charge is -2.30. The number of ether oxygens (including phenoxy) is 3. The molecule has 1 rings (SSSR count). The lowest BCUT2D eigenvalue weighted by atomic mass is 9.94. The fourth-order valence-corrected chi connectivity index (χ4v) is 2.31. The fourth-order valence-electron chi connectivity index (χ4n) is 2.31. The molecule has 1 aliphatic carbocycles. The van der Waals surface area contributed by atoms with Crippen LogP contribution in [0.4, 0.5) is 0 Å². The number of hydrogen-bond acceptors (Lipinski definition) is 5. The first-order valence-corrected chi connectivity index (χ1v) is 7.80. The van der Waals surface area contributed by atoms with Gasteiger partial charge in [0.2, 0.25) is 0 Å². The van der Waals surface area contributed by atoms with Crippen LogP contribution in [0.3, 0.4) is 0 Å². The van der Waals surface area contributed by atoms with Gasteiger partial charge in [0.25, 0.3) is 0 Å². The molecule has 0 aliphatic heterocycles. The highest BCUT2D eigenvalue weighted by Crippen LogP contribution is 2.40. The van der Waals surface area contributed by atoms with E-state index < -0.39 is 11.5 Å². The van der Waals surface area contributed by atoms with Crippen molar-refractivity contribution in [2.75, 3.05) is 46.7 Å². The Morgan fingerprint density at radius 3 is 2.52 bits per heavy atom. The molecule has 0 spiro atoms. The molecule has 6 nitrogen and oxygen atoms in total. The minimum absolute atomic E-state index is 0.184. The SMILES string of the molecule is CCCNC(COCCOCCCOC)(C(=O)O)C1CC1. The van der Waals surface area contributed by atoms with Gasteiger partial charge in [0, 0.05) is 20.3 Å². The Morgan fingerprint density at radius 1 is 1.24 bits per heavy atom. The Hall–Kier alpha value is -0.690. The lowest BCUT2D eigenvalue weighted by Crippen LogP contribution is -2.57. The molecule has 0 saturated heterocycles. The molecule has 0 aromatic heterocycles. The van der Waals surface area contributed by atoms with Crippen molar-refractivity contribution in [1.29, 1.82) is 0 Å². The summed E-state index contributed by atoms with van der Waals surface area (Å²) in [6, 6.07) is 0. The van der Waals surface area contributed by atoms with Crippen molar-refractivity contribution in [3.8, 4) is 0 Å². The number of nitrogens with one attached hydrogen (secondary N) is 1. The summed E-state index contributed by atoms with van der Waals surface area (Å²) < 4.78 is 15.9. The van der Waals surface area contributed by atoms with E-state index in [4.69, 9.17) is 14.2 Å². The molecule has 1 unspecified atom stereocenters. The maximum absolute atomic E-state index is 11.7. The molecule has 124 valence electrons. The van der Waals surface area contributed by atoms with Crippen molar-refractivity contribution >= 4 is 5.97 Å². The molecule has 2 N–H and O–H groups in total. The average Bonchev–Trinajstić information content (AvgIpc) is 3.30. The second kappa shape index (κ2) is 10.1. The van der Waals surface area contributed by atoms with Crippen molar-refractivity contribution in [3.05, 3.63) is 0 Å². The third-order valence-corrected chi connectivity index (χ3v) is 3.69. The maximum atomic E-state index is 11.7. The van der Waals surface area contributed by atoms with E-state index in [0.717, 1.165) is 25.7 Å². The molecule has 0 heterocycles. The van der Waals surface area contributed by atoms with Crippen LogP contribution in [-0.2, 0) is 19.0 Å². The second-order valence-electron chi connectivity index (χ2n) is 5.49. The number of rotatable bonds is 14. The zero-order chi connectivity index (χ0) is 15.6. The van der Waals surface area contributed by atoms with E-state index in [9.17, 15) is 9.90 Å². The average molecular weight is 303 g/mol. The van der Waals surface area contributed by atoms with E-state index in [1.165, 1.54) is 0 Å². The summed E-state index contributed by atoms with van der Waals surface area (Å²) in [7, 11) is 1.66. The van der Waals surface area contributed by atoms with Crippen LogP contribution in [-0.4, -0.2) is 63.3 Å². The van der Waals surface area contributed by atoms with Crippen LogP contribution >= 0.6 is 0 Å². The van der Waals surface area contributed by atoms with Crippen LogP contribution in [0.1, 0.15) is 32.6 Å². The first kappa shape index (κ1) is 18.4. The fraction of sp³-hybridized carbons (Fsp3) is 0.933. The van der Waals surface area contributed by atoms with Crippen LogP contribution in [0.5, 0.6) is 0 Å². The van der Waals surface area contributed by atoms with Gasteiger partial charge in [0.05, 0.1) is 19.8 Å². The van der Waals surface area contributed by atoms with Gasteiger partial charge in [0.1, 0.15) is 5.54 Å². The third-order valence-electron chi connectivity index (χ3n) is 3.69. The van der Waals surface area contributed by atoms with Crippen molar-refractivity contribution in [1.82, 2.24) is 5.32 Å². The molecule has 1 atom stereocenters. The van der Waals surface area contributed by atoms with Gasteiger partial charge in [-0.05, 0) is 38.1 Å². The van der Waals surface area contributed by atoms with Gasteiger partial charge >= 0.3 is 5.97 Å². The van der Waals surface area contributed by atoms with Crippen molar-refractivity contribution in [2.24, 2.45) is 5.92 Å². The summed E-state index contributed by atoms with van der Waals surface area (Å²) >= 11 is 0. The normalized spacial score (nSPS) is 17.6. The molecule has 0 aromatic carbocycles. The van der Waals surface area contributed by atoms with Crippen molar-refractivity contribution in [3.63, 3.8) is 0 Å². The zero-order valence-corrected chi connectivity index (χ0v) is 13.2. The predicted octanol–water partition coefficient (Wildman–Crippen LogP) is 1.29. The van der Waals surface area contributed by atoms with Gasteiger partial charge in [-0.25, -0.2) is 0 Å². The topological polar surface area (TPSA) is 77.0 Å². The van der Waals surface area contributed by atoms with E-state index in [2.05, 4.69) is 5.32 Å². The third kappa shape index (κ3) is 6.30. The molecular weight excluding hydrogens is 274 g/mol. The Balaban J connectivity index is 2.25. The quantitative estimate of drug-likeness (QED) is 0.471. The first-order valence-electron chi connectivity index (χ1n) is 7.80. The number of methoxy groups -OCH3 is 1. The van der Waals surface area contributed by atoms with Crippen LogP contribution in [0.25, 0.3) is 0 Å². The molecule has 0 aromatic rings. The number of aliphatic carboxylic acids is 1. The van der Waals surface area contributed by atoms with E-state index in [1.54, 1.807) is 7.11 Å². The van der Waals surface area contributed by atoms with Gasteiger partial charge in [-0.15, -0.1) is 0 Å². The zero-order valence-electron chi connectivity index (χ0n) is 13.2. The summed E-state index contributed by atoms with van der Waals surface area (Å²) in [6.07, 6.45) is 3.68. The van der Waals surface area contributed by atoms with Gasteiger partial charge in [0.15, 0.2) is 0 Å². The smallest absolute Gasteiger partial charge is 0.326 e. The number of carbonyl (C=O) groups is 1. The minimum atomic E-state index is -0.925. The highest BCUT2D eigenvalue weighted by molar-refractivity contribution is 5.80. The summed E-state index contributed by atoms with van der Waals surface area (Å²) in [6.45, 7) is 5.15. The van der Waals surface area contributed by atoms with Crippen LogP contribution in [0.2, 0.25) is 0 Å². The van der Waals surface area contributed by atoms with Gasteiger partial charge < -0.3 is 19.3 Å². The minimum Gasteiger partial charge on any atom is -0.480 e. The second-order valence-corrected chi connectivity index (χ2v) is 5.49. The molecule has 1 fully saturated rings. The van der Waals surface area contributed by atoms with Gasteiger partial charge in [-0.1, -0.05) is 6.92 Å². The molecule has 0 radical (unpaired) electrons. The molecule has 21 heavy (non-hydrogen) atoms. The monoisotopic (exact) mass is 303 g/mol. The number of hydrogen-bond donors (Lipinski definition) is 2. The van der Waals surface area contributed by atoms with E-state index in [-0.39, 0.29) is 12.5 Å². The Labute approximate surface area is 127 Å². The van der Waals surface area contributed by atoms with Crippen molar-refractivity contribution < 1.29 is 24.1 Å². The van der Waals surface area contributed by atoms with Crippen LogP contribution in [0.15, 0.2) is 0 Å². The molecule has 1 aliphatic rings. The summed E-state index contributed by atoms with van der Waals surface area (Å²) in [5, 5.41) is 12.8. The van der Waals surface area contributed by atoms with Gasteiger partial charge in [-0.3, -0.25) is 10.1 Å². The Morgan fingerprint density at radius 2 is 1.95 bits per heavy atom. The van der Waals surface area contributed by atoms with Crippen LogP contribution in [0, 0.1) is 5.92 Å². The predicted molar refractivity (Wildman–Crippen MR) is 79.5 cm³/mol. The standard InChI is InChI=1S/C15H29NO5/c1-3-7-16-15(14(17)18,13-5-6-13)12-21-11-10-20-9-4-8-19-2/h13,16H,3-12H2,1-2H3,(H,17,18). The summed E-state index contributed by atoms with van der Waals surface area (Å²) in [5.41, 5.74) is -0.925. The van der Waals surface area contributed by atoms with Crippen molar-refractivity contribution in [2.45, 2.75) is 38.1 Å². The lowest BCUT2D eigenvalue weighted by molar-refractivity contribution is -0.149. The molecule has 0 amide bonds. The van der Waals surface area contributed by atoms with Gasteiger partial charge in [-0.2, -0.15) is 0 Å². The Kier molecular flexibility index (Phi) is 8.84. The Bertz CT molecular complexity index is 296. The van der Waals surface area contributed by atoms with E-state index >= 15 is 0 Å². The van der Waals surface area contributed by atoms with E-state index in [1.807, 2.05) is 6.92 Å². The first-order chi connectivity index (χ1) is 10.2. The van der Waals surface area contributed by atoms with Crippen LogP contribution < -0.4 is 5.32 Å². The highest BCUT2D eigenvalue weighted by atomic mass is 16.5. The summed E-state index contributed by atoms with van der Waals surface area (Å²) in [5.74, 6) is -0.622. The summed E-state index contributed by atoms with van der Waals surface area (Å²) in [4.78, 5) is 11.7. The molecular formula is C15H29NO5. The van der Waals surface area contributed by atoms with E-state index in [0.29, 0.717) is 33.0 Å². The molecule has 1 saturated carbocycles. The number of carboxylic acid groups (broad SMARTS) is 1. The molecule has 6 heteroatoms. The number of carboxylic acids is 1. The molecule has 0 bridgehead atoms. The highest BCUT2D eigenvalue weighted by Gasteiger charge is 2.51.